The van der Waals surface area contributed by atoms with Crippen LogP contribution in [0.5, 0.6) is 5.75 Å². The Morgan fingerprint density at radius 3 is 2.95 bits per heavy atom. The van der Waals surface area contributed by atoms with Gasteiger partial charge in [-0.25, -0.2) is 9.97 Å². The molecule has 6 heteroatoms. The minimum atomic E-state index is -0.899. The van der Waals surface area contributed by atoms with Gasteiger partial charge in [0.1, 0.15) is 18.0 Å². The van der Waals surface area contributed by atoms with Gasteiger partial charge in [-0.1, -0.05) is 12.1 Å². The molecule has 1 heterocycles. The largest absolute Gasteiger partial charge is 0.497 e. The van der Waals surface area contributed by atoms with Crippen molar-refractivity contribution in [2.75, 3.05) is 7.11 Å². The molecular formula is C14H13IN2O3. The first-order valence-electron chi connectivity index (χ1n) is 5.93. The zero-order valence-electron chi connectivity index (χ0n) is 10.8. The van der Waals surface area contributed by atoms with Crippen molar-refractivity contribution in [3.05, 3.63) is 51.6 Å². The normalized spacial score (nSPS) is 11.9. The molecule has 1 atom stereocenters. The highest BCUT2D eigenvalue weighted by atomic mass is 127. The van der Waals surface area contributed by atoms with Gasteiger partial charge in [0.05, 0.1) is 16.4 Å². The molecule has 1 aromatic carbocycles. The number of rotatable bonds is 5. The molecule has 0 aliphatic carbocycles. The van der Waals surface area contributed by atoms with Gasteiger partial charge in [-0.2, -0.15) is 0 Å². The Kier molecular flexibility index (Phi) is 4.89. The lowest BCUT2D eigenvalue weighted by Gasteiger charge is -2.13. The molecule has 0 aliphatic heterocycles. The van der Waals surface area contributed by atoms with E-state index >= 15 is 0 Å². The number of benzene rings is 1. The number of ether oxygens (including phenoxy) is 1. The number of hydrogen-bond acceptors (Lipinski definition) is 4. The maximum atomic E-state index is 11.5. The minimum absolute atomic E-state index is 0.361. The molecule has 2 rings (SSSR count). The third kappa shape index (κ3) is 3.44. The zero-order chi connectivity index (χ0) is 14.5. The standard InChI is InChI=1S/C14H13IN2O3/c1-20-10-4-2-3-9(5-10)6-11(14(18)19)13-12(15)7-16-8-17-13/h2-5,7-8,11H,6H2,1H3,(H,18,19). The molecule has 0 saturated carbocycles. The number of methoxy groups -OCH3 is 1. The van der Waals surface area contributed by atoms with Crippen LogP contribution in [0.2, 0.25) is 0 Å². The van der Waals surface area contributed by atoms with E-state index in [4.69, 9.17) is 4.74 Å². The molecule has 0 amide bonds. The Bertz CT molecular complexity index is 619. The summed E-state index contributed by atoms with van der Waals surface area (Å²) in [5, 5.41) is 9.44. The quantitative estimate of drug-likeness (QED) is 0.803. The second kappa shape index (κ2) is 6.65. The number of aromatic nitrogens is 2. The van der Waals surface area contributed by atoms with Crippen LogP contribution in [0.3, 0.4) is 0 Å². The van der Waals surface area contributed by atoms with Crippen LogP contribution in [-0.2, 0) is 11.2 Å². The number of aliphatic carboxylic acids is 1. The summed E-state index contributed by atoms with van der Waals surface area (Å²) in [6.45, 7) is 0. The van der Waals surface area contributed by atoms with Crippen LogP contribution >= 0.6 is 22.6 Å². The number of halogens is 1. The SMILES string of the molecule is COc1cccc(CC(C(=O)O)c2ncncc2I)c1. The highest BCUT2D eigenvalue weighted by Crippen LogP contribution is 2.25. The van der Waals surface area contributed by atoms with Crippen LogP contribution in [-0.4, -0.2) is 28.2 Å². The Balaban J connectivity index is 2.31. The summed E-state index contributed by atoms with van der Waals surface area (Å²) in [6.07, 6.45) is 3.35. The molecule has 1 N–H and O–H groups in total. The van der Waals surface area contributed by atoms with Gasteiger partial charge in [0.15, 0.2) is 0 Å². The Labute approximate surface area is 130 Å². The number of nitrogens with zero attached hydrogens (tertiary/aromatic N) is 2. The number of hydrogen-bond donors (Lipinski definition) is 1. The molecule has 5 nitrogen and oxygen atoms in total. The molecule has 0 bridgehead atoms. The predicted molar refractivity (Wildman–Crippen MR) is 81.8 cm³/mol. The molecule has 2 aromatic rings. The predicted octanol–water partition coefficient (Wildman–Crippen LogP) is 2.50. The van der Waals surface area contributed by atoms with Crippen molar-refractivity contribution < 1.29 is 14.6 Å². The van der Waals surface area contributed by atoms with Crippen LogP contribution in [0.25, 0.3) is 0 Å². The minimum Gasteiger partial charge on any atom is -0.497 e. The topological polar surface area (TPSA) is 72.3 Å². The number of carboxylic acid groups (broad SMARTS) is 1. The van der Waals surface area contributed by atoms with Gasteiger partial charge in [-0.3, -0.25) is 4.79 Å². The Hall–Kier alpha value is -1.70. The van der Waals surface area contributed by atoms with Gasteiger partial charge >= 0.3 is 5.97 Å². The maximum Gasteiger partial charge on any atom is 0.312 e. The fourth-order valence-corrected chi connectivity index (χ4v) is 2.59. The summed E-state index contributed by atoms with van der Waals surface area (Å²) < 4.78 is 5.90. The maximum absolute atomic E-state index is 11.5. The van der Waals surface area contributed by atoms with Crippen LogP contribution in [0.4, 0.5) is 0 Å². The van der Waals surface area contributed by atoms with Gasteiger partial charge in [-0.15, -0.1) is 0 Å². The Morgan fingerprint density at radius 1 is 1.50 bits per heavy atom. The van der Waals surface area contributed by atoms with E-state index in [2.05, 4.69) is 32.6 Å². The van der Waals surface area contributed by atoms with E-state index in [9.17, 15) is 9.90 Å². The average Bonchev–Trinajstić information content (AvgIpc) is 2.45. The van der Waals surface area contributed by atoms with Crippen LogP contribution in [0, 0.1) is 3.57 Å². The summed E-state index contributed by atoms with van der Waals surface area (Å²) in [5.74, 6) is -0.884. The van der Waals surface area contributed by atoms with Crippen LogP contribution in [0.1, 0.15) is 17.2 Å². The monoisotopic (exact) mass is 384 g/mol. The first-order valence-corrected chi connectivity index (χ1v) is 7.01. The molecule has 0 aliphatic rings. The fourth-order valence-electron chi connectivity index (χ4n) is 1.91. The smallest absolute Gasteiger partial charge is 0.312 e. The van der Waals surface area contributed by atoms with Gasteiger partial charge in [0.25, 0.3) is 0 Å². The molecule has 0 saturated heterocycles. The molecule has 1 unspecified atom stereocenters. The third-order valence-electron chi connectivity index (χ3n) is 2.90. The first-order chi connectivity index (χ1) is 9.61. The first kappa shape index (κ1) is 14.7. The van der Waals surface area contributed by atoms with Crippen molar-refractivity contribution in [3.63, 3.8) is 0 Å². The molecule has 104 valence electrons. The molecular weight excluding hydrogens is 371 g/mol. The summed E-state index contributed by atoms with van der Waals surface area (Å²) in [6, 6.07) is 7.39. The van der Waals surface area contributed by atoms with Gasteiger partial charge < -0.3 is 9.84 Å². The highest BCUT2D eigenvalue weighted by molar-refractivity contribution is 14.1. The van der Waals surface area contributed by atoms with Crippen molar-refractivity contribution in [2.24, 2.45) is 0 Å². The molecule has 0 fully saturated rings. The van der Waals surface area contributed by atoms with Crippen molar-refractivity contribution in [1.29, 1.82) is 0 Å². The second-order valence-electron chi connectivity index (χ2n) is 4.20. The van der Waals surface area contributed by atoms with Crippen molar-refractivity contribution in [3.8, 4) is 5.75 Å². The van der Waals surface area contributed by atoms with E-state index < -0.39 is 11.9 Å². The number of carboxylic acids is 1. The Morgan fingerprint density at radius 2 is 2.30 bits per heavy atom. The lowest BCUT2D eigenvalue weighted by Crippen LogP contribution is -2.17. The molecule has 0 radical (unpaired) electrons. The van der Waals surface area contributed by atoms with E-state index in [1.807, 2.05) is 24.3 Å². The molecule has 0 spiro atoms. The average molecular weight is 384 g/mol. The van der Waals surface area contributed by atoms with Gasteiger partial charge in [0.2, 0.25) is 0 Å². The third-order valence-corrected chi connectivity index (χ3v) is 3.73. The van der Waals surface area contributed by atoms with Crippen molar-refractivity contribution in [1.82, 2.24) is 9.97 Å². The van der Waals surface area contributed by atoms with Gasteiger partial charge in [0, 0.05) is 6.20 Å². The summed E-state index contributed by atoms with van der Waals surface area (Å²) in [7, 11) is 1.58. The van der Waals surface area contributed by atoms with Gasteiger partial charge in [-0.05, 0) is 46.7 Å². The number of carbonyl (C=O) groups is 1. The van der Waals surface area contributed by atoms with E-state index in [0.29, 0.717) is 17.9 Å². The highest BCUT2D eigenvalue weighted by Gasteiger charge is 2.24. The van der Waals surface area contributed by atoms with Crippen molar-refractivity contribution >= 4 is 28.6 Å². The molecule has 1 aromatic heterocycles. The van der Waals surface area contributed by atoms with Crippen molar-refractivity contribution in [2.45, 2.75) is 12.3 Å². The van der Waals surface area contributed by atoms with Crippen LogP contribution in [0.15, 0.2) is 36.8 Å². The van der Waals surface area contributed by atoms with Crippen LogP contribution < -0.4 is 4.74 Å². The summed E-state index contributed by atoms with van der Waals surface area (Å²) in [5.41, 5.74) is 1.43. The summed E-state index contributed by atoms with van der Waals surface area (Å²) >= 11 is 2.05. The second-order valence-corrected chi connectivity index (χ2v) is 5.36. The zero-order valence-corrected chi connectivity index (χ0v) is 12.9. The lowest BCUT2D eigenvalue weighted by molar-refractivity contribution is -0.138. The van der Waals surface area contributed by atoms with E-state index in [1.54, 1.807) is 13.3 Å². The molecule has 20 heavy (non-hydrogen) atoms. The lowest BCUT2D eigenvalue weighted by atomic mass is 9.96. The van der Waals surface area contributed by atoms with E-state index in [1.165, 1.54) is 6.33 Å². The van der Waals surface area contributed by atoms with E-state index in [0.717, 1.165) is 9.13 Å². The fraction of sp³-hybridized carbons (Fsp3) is 0.214. The van der Waals surface area contributed by atoms with E-state index in [-0.39, 0.29) is 0 Å². The summed E-state index contributed by atoms with van der Waals surface area (Å²) in [4.78, 5) is 19.5.